The zero-order valence-corrected chi connectivity index (χ0v) is 21.7. The van der Waals surface area contributed by atoms with E-state index in [1.807, 2.05) is 0 Å². The minimum atomic E-state index is -4.91. The van der Waals surface area contributed by atoms with E-state index < -0.39 is 36.6 Å². The first-order valence-electron chi connectivity index (χ1n) is 13.2. The van der Waals surface area contributed by atoms with E-state index in [2.05, 4.69) is 31.0 Å². The van der Waals surface area contributed by atoms with E-state index in [4.69, 9.17) is 4.74 Å². The zero-order valence-electron chi connectivity index (χ0n) is 21.7. The molecule has 1 aliphatic heterocycles. The molecule has 3 aromatic rings. The lowest BCUT2D eigenvalue weighted by Gasteiger charge is -2.41. The number of hydrogen-bond acceptors (Lipinski definition) is 6. The number of ether oxygens (including phenoxy) is 1. The fraction of sp³-hybridized carbons (Fsp3) is 0.500. The Morgan fingerprint density at radius 2 is 1.78 bits per heavy atom. The number of nitrogens with zero attached hydrogens (tertiary/aromatic N) is 5. The number of halogens is 6. The Kier molecular flexibility index (Phi) is 7.79. The summed E-state index contributed by atoms with van der Waals surface area (Å²) in [5, 5.41) is 19.8. The van der Waals surface area contributed by atoms with Crippen molar-refractivity contribution in [3.8, 4) is 5.75 Å². The highest BCUT2D eigenvalue weighted by Gasteiger charge is 2.60. The van der Waals surface area contributed by atoms with Gasteiger partial charge in [-0.2, -0.15) is 31.4 Å². The lowest BCUT2D eigenvalue weighted by molar-refractivity contribution is -0.201. The van der Waals surface area contributed by atoms with Crippen LogP contribution in [0, 0.1) is 5.92 Å². The Hall–Kier alpha value is -3.91. The minimum absolute atomic E-state index is 0.0274. The molecule has 1 atom stereocenters. The topological polar surface area (TPSA) is 111 Å². The second-order valence-corrected chi connectivity index (χ2v) is 10.3. The van der Waals surface area contributed by atoms with E-state index in [1.54, 1.807) is 16.9 Å². The average Bonchev–Trinajstić information content (AvgIpc) is 3.33. The molecule has 2 aliphatic rings. The largest absolute Gasteiger partial charge is 0.494 e. The average molecular weight is 584 g/mol. The van der Waals surface area contributed by atoms with Crippen LogP contribution in [0.1, 0.15) is 62.0 Å². The molecule has 1 saturated carbocycles. The smallest absolute Gasteiger partial charge is 0.416 e. The van der Waals surface area contributed by atoms with Crippen molar-refractivity contribution < 1.29 is 35.9 Å². The standard InChI is InChI=1S/C26H27F6N7O2/c27-25(28,29)11-2-1-3-13-41-18-8-6-17(7-9-18)24(26(30,31)32)14-19(20-10-12-39(36-20)15-16-4-5-16)21(23(40)33-24)22-34-37-38-35-22/h6-10,12,16H,1-5,11,13-15H2,(H,33,40)(H,34,35,37,38)/t24-/m0/s1. The van der Waals surface area contributed by atoms with Crippen molar-refractivity contribution in [2.24, 2.45) is 5.92 Å². The Morgan fingerprint density at radius 1 is 1.02 bits per heavy atom. The molecular formula is C26H27F6N7O2. The number of hydrogen-bond donors (Lipinski definition) is 2. The van der Waals surface area contributed by atoms with Gasteiger partial charge in [0.1, 0.15) is 5.75 Å². The summed E-state index contributed by atoms with van der Waals surface area (Å²) in [6.07, 6.45) is -6.23. The predicted octanol–water partition coefficient (Wildman–Crippen LogP) is 5.20. The fourth-order valence-electron chi connectivity index (χ4n) is 4.85. The fourth-order valence-corrected chi connectivity index (χ4v) is 4.85. The molecule has 0 saturated heterocycles. The summed E-state index contributed by atoms with van der Waals surface area (Å²) in [5.41, 5.74) is -2.88. The number of aromatic nitrogens is 6. The molecule has 1 fully saturated rings. The second-order valence-electron chi connectivity index (χ2n) is 10.3. The number of benzene rings is 1. The van der Waals surface area contributed by atoms with Gasteiger partial charge >= 0.3 is 12.4 Å². The van der Waals surface area contributed by atoms with Gasteiger partial charge in [-0.05, 0) is 77.8 Å². The molecule has 2 aromatic heterocycles. The summed E-state index contributed by atoms with van der Waals surface area (Å²) in [6, 6.07) is 6.70. The van der Waals surface area contributed by atoms with Gasteiger partial charge in [0.05, 0.1) is 17.9 Å². The highest BCUT2D eigenvalue weighted by Crippen LogP contribution is 2.49. The first-order valence-corrected chi connectivity index (χ1v) is 13.2. The summed E-state index contributed by atoms with van der Waals surface area (Å²) in [5.74, 6) is -0.367. The van der Waals surface area contributed by atoms with E-state index in [0.29, 0.717) is 25.3 Å². The monoisotopic (exact) mass is 583 g/mol. The molecule has 0 radical (unpaired) electrons. The lowest BCUT2D eigenvalue weighted by Crippen LogP contribution is -2.58. The summed E-state index contributed by atoms with van der Waals surface area (Å²) in [7, 11) is 0. The number of H-pyrrole nitrogens is 1. The van der Waals surface area contributed by atoms with Crippen LogP contribution in [0.4, 0.5) is 26.3 Å². The van der Waals surface area contributed by atoms with Gasteiger partial charge in [-0.3, -0.25) is 9.48 Å². The van der Waals surface area contributed by atoms with Gasteiger partial charge in [-0.25, -0.2) is 5.10 Å². The zero-order chi connectivity index (χ0) is 29.3. The van der Waals surface area contributed by atoms with Crippen molar-refractivity contribution in [3.05, 3.63) is 53.6 Å². The van der Waals surface area contributed by atoms with Crippen LogP contribution in [0.2, 0.25) is 0 Å². The maximum Gasteiger partial charge on any atom is 0.416 e. The third-order valence-corrected chi connectivity index (χ3v) is 7.18. The number of rotatable bonds is 11. The molecule has 5 rings (SSSR count). The number of nitrogens with one attached hydrogen (secondary N) is 2. The third-order valence-electron chi connectivity index (χ3n) is 7.18. The predicted molar refractivity (Wildman–Crippen MR) is 133 cm³/mol. The molecule has 0 bridgehead atoms. The first kappa shape index (κ1) is 28.6. The number of carbonyl (C=O) groups is 1. The van der Waals surface area contributed by atoms with E-state index in [9.17, 15) is 31.1 Å². The molecule has 3 heterocycles. The van der Waals surface area contributed by atoms with E-state index in [0.717, 1.165) is 12.8 Å². The number of unbranched alkanes of at least 4 members (excludes halogenated alkanes) is 2. The minimum Gasteiger partial charge on any atom is -0.494 e. The molecule has 2 N–H and O–H groups in total. The van der Waals surface area contributed by atoms with Gasteiger partial charge in [-0.1, -0.05) is 12.1 Å². The van der Waals surface area contributed by atoms with Crippen molar-refractivity contribution in [2.75, 3.05) is 6.61 Å². The lowest BCUT2D eigenvalue weighted by atomic mass is 9.77. The van der Waals surface area contributed by atoms with Gasteiger partial charge in [0.25, 0.3) is 5.91 Å². The molecule has 15 heteroatoms. The molecule has 1 aliphatic carbocycles. The third kappa shape index (κ3) is 6.54. The van der Waals surface area contributed by atoms with Gasteiger partial charge in [0.2, 0.25) is 0 Å². The maximum atomic E-state index is 14.9. The number of carbonyl (C=O) groups excluding carboxylic acids is 1. The van der Waals surface area contributed by atoms with Crippen LogP contribution in [-0.2, 0) is 16.9 Å². The Labute approximate surface area is 230 Å². The number of amides is 1. The van der Waals surface area contributed by atoms with Gasteiger partial charge in [-0.15, -0.1) is 5.10 Å². The van der Waals surface area contributed by atoms with Gasteiger partial charge in [0.15, 0.2) is 11.4 Å². The van der Waals surface area contributed by atoms with Crippen molar-refractivity contribution in [3.63, 3.8) is 0 Å². The number of tetrazole rings is 1. The van der Waals surface area contributed by atoms with E-state index in [1.165, 1.54) is 24.3 Å². The van der Waals surface area contributed by atoms with Gasteiger partial charge < -0.3 is 10.1 Å². The Balaban J connectivity index is 1.39. The van der Waals surface area contributed by atoms with Crippen LogP contribution in [-0.4, -0.2) is 55.3 Å². The van der Waals surface area contributed by atoms with Crippen LogP contribution in [0.5, 0.6) is 5.75 Å². The van der Waals surface area contributed by atoms with Crippen LogP contribution < -0.4 is 10.1 Å². The summed E-state index contributed by atoms with van der Waals surface area (Å²) >= 11 is 0. The molecule has 9 nitrogen and oxygen atoms in total. The van der Waals surface area contributed by atoms with E-state index >= 15 is 0 Å². The molecular weight excluding hydrogens is 556 g/mol. The normalized spacial score (nSPS) is 19.9. The molecule has 220 valence electrons. The van der Waals surface area contributed by atoms with E-state index in [-0.39, 0.29) is 47.0 Å². The second kappa shape index (κ2) is 11.2. The molecule has 0 unspecified atom stereocenters. The number of aromatic amines is 1. The molecule has 1 amide bonds. The molecule has 0 spiro atoms. The van der Waals surface area contributed by atoms with Crippen LogP contribution in [0.15, 0.2) is 36.5 Å². The molecule has 41 heavy (non-hydrogen) atoms. The highest BCUT2D eigenvalue weighted by atomic mass is 19.4. The maximum absolute atomic E-state index is 14.9. The molecule has 1 aromatic carbocycles. The van der Waals surface area contributed by atoms with Crippen LogP contribution >= 0.6 is 0 Å². The SMILES string of the molecule is O=C1N[C@@](c2ccc(OCCCCCC(F)(F)F)cc2)(C(F)(F)F)CC(c2ccn(CC3CC3)n2)=C1c1nnn[nH]1. The van der Waals surface area contributed by atoms with Crippen molar-refractivity contribution in [1.82, 2.24) is 35.7 Å². The van der Waals surface area contributed by atoms with Crippen LogP contribution in [0.25, 0.3) is 11.1 Å². The number of alkyl halides is 6. The Morgan fingerprint density at radius 3 is 2.41 bits per heavy atom. The van der Waals surface area contributed by atoms with Crippen molar-refractivity contribution >= 4 is 17.1 Å². The highest BCUT2D eigenvalue weighted by molar-refractivity contribution is 6.27. The summed E-state index contributed by atoms with van der Waals surface area (Å²) in [4.78, 5) is 13.3. The van der Waals surface area contributed by atoms with Gasteiger partial charge in [0, 0.05) is 25.6 Å². The summed E-state index contributed by atoms with van der Waals surface area (Å²) in [6.45, 7) is 0.746. The summed E-state index contributed by atoms with van der Waals surface area (Å²) < 4.78 is 88.6. The first-order chi connectivity index (χ1) is 19.5. The Bertz CT molecular complexity index is 1380. The van der Waals surface area contributed by atoms with Crippen LogP contribution in [0.3, 0.4) is 0 Å². The quantitative estimate of drug-likeness (QED) is 0.237. The van der Waals surface area contributed by atoms with Crippen molar-refractivity contribution in [2.45, 2.75) is 69.4 Å². The van der Waals surface area contributed by atoms with Crippen molar-refractivity contribution in [1.29, 1.82) is 0 Å².